The number of halogens is 3. The van der Waals surface area contributed by atoms with E-state index in [2.05, 4.69) is 10.1 Å². The minimum absolute atomic E-state index is 0.113. The van der Waals surface area contributed by atoms with E-state index in [-0.39, 0.29) is 30.6 Å². The number of hydrogen-bond acceptors (Lipinski definition) is 4. The largest absolute Gasteiger partial charge is 0.381 e. The van der Waals surface area contributed by atoms with Gasteiger partial charge >= 0.3 is 0 Å². The molecule has 0 bridgehead atoms. The molecule has 1 aliphatic carbocycles. The van der Waals surface area contributed by atoms with Gasteiger partial charge in [-0.05, 0) is 25.0 Å². The van der Waals surface area contributed by atoms with E-state index in [9.17, 15) is 13.2 Å². The van der Waals surface area contributed by atoms with E-state index in [1.54, 1.807) is 4.68 Å². The van der Waals surface area contributed by atoms with Crippen LogP contribution in [-0.4, -0.2) is 33.9 Å². The highest BCUT2D eigenvalue weighted by molar-refractivity contribution is 5.60. The van der Waals surface area contributed by atoms with Gasteiger partial charge in [-0.25, -0.2) is 18.2 Å². The summed E-state index contributed by atoms with van der Waals surface area (Å²) in [6.45, 7) is 1.19. The number of nitrogens with zero attached hydrogens (tertiary/aromatic N) is 3. The highest BCUT2D eigenvalue weighted by Crippen LogP contribution is 2.43. The van der Waals surface area contributed by atoms with Crippen LogP contribution >= 0.6 is 0 Å². The third-order valence-corrected chi connectivity index (χ3v) is 5.00. The smallest absolute Gasteiger partial charge is 0.250 e. The first-order chi connectivity index (χ1) is 11.9. The van der Waals surface area contributed by atoms with Gasteiger partial charge in [-0.2, -0.15) is 5.10 Å². The predicted molar refractivity (Wildman–Crippen MR) is 85.8 cm³/mol. The number of rotatable bonds is 3. The normalized spacial score (nSPS) is 25.6. The SMILES string of the molecule is Nc1ncc(-c2cc(C3CCOC3)n(C3CCC(F)(F)C3)n2)cc1F. The van der Waals surface area contributed by atoms with Gasteiger partial charge in [-0.15, -0.1) is 0 Å². The second-order valence-electron chi connectivity index (χ2n) is 6.80. The van der Waals surface area contributed by atoms with E-state index in [1.807, 2.05) is 6.07 Å². The van der Waals surface area contributed by atoms with Crippen LogP contribution in [0.3, 0.4) is 0 Å². The van der Waals surface area contributed by atoms with Crippen molar-refractivity contribution in [3.63, 3.8) is 0 Å². The minimum atomic E-state index is -2.66. The summed E-state index contributed by atoms with van der Waals surface area (Å²) in [5.74, 6) is -3.34. The molecule has 0 aromatic carbocycles. The Morgan fingerprint density at radius 3 is 2.76 bits per heavy atom. The Balaban J connectivity index is 1.74. The highest BCUT2D eigenvalue weighted by Gasteiger charge is 2.42. The second-order valence-corrected chi connectivity index (χ2v) is 6.80. The zero-order valence-corrected chi connectivity index (χ0v) is 13.6. The van der Waals surface area contributed by atoms with Gasteiger partial charge in [0.1, 0.15) is 0 Å². The fourth-order valence-electron chi connectivity index (χ4n) is 3.64. The summed E-state index contributed by atoms with van der Waals surface area (Å²) in [6.07, 6.45) is 2.30. The maximum atomic E-state index is 13.7. The van der Waals surface area contributed by atoms with Gasteiger partial charge in [-0.3, -0.25) is 4.68 Å². The summed E-state index contributed by atoms with van der Waals surface area (Å²) in [5.41, 5.74) is 7.29. The maximum Gasteiger partial charge on any atom is 0.250 e. The molecule has 2 aromatic heterocycles. The lowest BCUT2D eigenvalue weighted by Crippen LogP contribution is -2.16. The zero-order chi connectivity index (χ0) is 17.6. The van der Waals surface area contributed by atoms with Gasteiger partial charge in [0.05, 0.1) is 18.3 Å². The average Bonchev–Trinajstić information content (AvgIpc) is 3.28. The summed E-state index contributed by atoms with van der Waals surface area (Å²) >= 11 is 0. The molecule has 2 atom stereocenters. The van der Waals surface area contributed by atoms with Gasteiger partial charge in [0.2, 0.25) is 5.92 Å². The molecule has 25 heavy (non-hydrogen) atoms. The molecule has 5 nitrogen and oxygen atoms in total. The van der Waals surface area contributed by atoms with Crippen LogP contribution in [0.4, 0.5) is 19.0 Å². The van der Waals surface area contributed by atoms with Crippen LogP contribution in [0.5, 0.6) is 0 Å². The fourth-order valence-corrected chi connectivity index (χ4v) is 3.64. The summed E-state index contributed by atoms with van der Waals surface area (Å²) in [6, 6.07) is 2.75. The fraction of sp³-hybridized carbons (Fsp3) is 0.529. The van der Waals surface area contributed by atoms with Crippen LogP contribution in [0.25, 0.3) is 11.3 Å². The summed E-state index contributed by atoms with van der Waals surface area (Å²) in [5, 5.41) is 4.52. The maximum absolute atomic E-state index is 13.7. The Morgan fingerprint density at radius 1 is 1.28 bits per heavy atom. The quantitative estimate of drug-likeness (QED) is 0.918. The molecule has 3 heterocycles. The Labute approximate surface area is 143 Å². The molecule has 134 valence electrons. The lowest BCUT2D eigenvalue weighted by Gasteiger charge is -2.17. The van der Waals surface area contributed by atoms with Crippen LogP contribution in [0.1, 0.15) is 43.3 Å². The van der Waals surface area contributed by atoms with E-state index in [0.29, 0.717) is 30.9 Å². The van der Waals surface area contributed by atoms with Crippen molar-refractivity contribution < 1.29 is 17.9 Å². The topological polar surface area (TPSA) is 66.0 Å². The van der Waals surface area contributed by atoms with Crippen LogP contribution in [0.2, 0.25) is 0 Å². The average molecular weight is 352 g/mol. The van der Waals surface area contributed by atoms with Gasteiger partial charge < -0.3 is 10.5 Å². The van der Waals surface area contributed by atoms with Gasteiger partial charge in [0, 0.05) is 42.8 Å². The van der Waals surface area contributed by atoms with Crippen molar-refractivity contribution in [1.29, 1.82) is 0 Å². The number of pyridine rings is 1. The van der Waals surface area contributed by atoms with Crippen LogP contribution < -0.4 is 5.73 Å². The number of hydrogen-bond donors (Lipinski definition) is 1. The third kappa shape index (κ3) is 3.10. The van der Waals surface area contributed by atoms with E-state index < -0.39 is 11.7 Å². The second kappa shape index (κ2) is 6.01. The first kappa shape index (κ1) is 16.4. The molecular weight excluding hydrogens is 333 g/mol. The molecule has 0 amide bonds. The molecule has 0 radical (unpaired) electrons. The number of nitrogens with two attached hydrogens (primary N) is 1. The van der Waals surface area contributed by atoms with Crippen molar-refractivity contribution in [1.82, 2.24) is 14.8 Å². The van der Waals surface area contributed by atoms with Crippen LogP contribution in [0.15, 0.2) is 18.3 Å². The number of alkyl halides is 2. The molecule has 0 spiro atoms. The van der Waals surface area contributed by atoms with Crippen molar-refractivity contribution in [2.24, 2.45) is 0 Å². The zero-order valence-electron chi connectivity index (χ0n) is 13.6. The monoisotopic (exact) mass is 352 g/mol. The Bertz CT molecular complexity index is 786. The van der Waals surface area contributed by atoms with Gasteiger partial charge in [0.15, 0.2) is 11.6 Å². The number of anilines is 1. The molecule has 2 unspecified atom stereocenters. The Kier molecular flexibility index (Phi) is 3.94. The molecule has 2 fully saturated rings. The molecule has 1 saturated carbocycles. The van der Waals surface area contributed by atoms with Crippen molar-refractivity contribution in [2.75, 3.05) is 18.9 Å². The van der Waals surface area contributed by atoms with Crippen LogP contribution in [0, 0.1) is 5.82 Å². The molecular formula is C17H19F3N4O. The molecule has 4 rings (SSSR count). The summed E-state index contributed by atoms with van der Waals surface area (Å²) in [7, 11) is 0. The Morgan fingerprint density at radius 2 is 2.12 bits per heavy atom. The number of nitrogen functional groups attached to an aromatic ring is 1. The molecule has 1 aliphatic heterocycles. The van der Waals surface area contributed by atoms with Crippen molar-refractivity contribution in [3.8, 4) is 11.3 Å². The highest BCUT2D eigenvalue weighted by atomic mass is 19.3. The first-order valence-electron chi connectivity index (χ1n) is 8.39. The van der Waals surface area contributed by atoms with E-state index >= 15 is 0 Å². The van der Waals surface area contributed by atoms with Gasteiger partial charge in [0.25, 0.3) is 0 Å². The van der Waals surface area contributed by atoms with Crippen molar-refractivity contribution >= 4 is 5.82 Å². The number of aromatic nitrogens is 3. The van der Waals surface area contributed by atoms with Gasteiger partial charge in [-0.1, -0.05) is 0 Å². The summed E-state index contributed by atoms with van der Waals surface area (Å²) < 4.78 is 48.2. The third-order valence-electron chi connectivity index (χ3n) is 5.00. The Hall–Kier alpha value is -2.09. The molecule has 8 heteroatoms. The molecule has 2 aliphatic rings. The molecule has 1 saturated heterocycles. The van der Waals surface area contributed by atoms with Crippen LogP contribution in [-0.2, 0) is 4.74 Å². The van der Waals surface area contributed by atoms with E-state index in [0.717, 1.165) is 12.1 Å². The van der Waals surface area contributed by atoms with Crippen molar-refractivity contribution in [3.05, 3.63) is 29.8 Å². The lowest BCUT2D eigenvalue weighted by molar-refractivity contribution is 0.00505. The van der Waals surface area contributed by atoms with Crippen molar-refractivity contribution in [2.45, 2.75) is 43.6 Å². The van der Waals surface area contributed by atoms with E-state index in [4.69, 9.17) is 10.5 Å². The molecule has 2 N–H and O–H groups in total. The molecule has 2 aromatic rings. The minimum Gasteiger partial charge on any atom is -0.381 e. The standard InChI is InChI=1S/C17H19F3N4O/c18-13-5-11(8-22-16(13)21)14-6-15(10-2-4-25-9-10)24(23-14)12-1-3-17(19,20)7-12/h5-6,8,10,12H,1-4,7,9H2,(H2,21,22). The number of ether oxygens (including phenoxy) is 1. The summed E-state index contributed by atoms with van der Waals surface area (Å²) in [4.78, 5) is 3.82. The van der Waals surface area contributed by atoms with E-state index in [1.165, 1.54) is 12.3 Å². The lowest BCUT2D eigenvalue weighted by atomic mass is 10.0. The first-order valence-corrected chi connectivity index (χ1v) is 8.39. The predicted octanol–water partition coefficient (Wildman–Crippen LogP) is 3.53.